The summed E-state index contributed by atoms with van der Waals surface area (Å²) in [5.41, 5.74) is -1.34. The number of nitrogens with zero attached hydrogens (tertiary/aromatic N) is 3. The second kappa shape index (κ2) is 6.28. The summed E-state index contributed by atoms with van der Waals surface area (Å²) in [6.07, 6.45) is 6.66. The largest absolute Gasteiger partial charge is 0.353 e. The number of hydrogen-bond acceptors (Lipinski definition) is 3. The van der Waals surface area contributed by atoms with Crippen LogP contribution < -0.4 is 4.90 Å². The Morgan fingerprint density at radius 2 is 1.92 bits per heavy atom. The molecule has 7 heteroatoms. The Hall–Kier alpha value is -2.05. The fourth-order valence-electron chi connectivity index (χ4n) is 4.46. The van der Waals surface area contributed by atoms with Gasteiger partial charge in [-0.3, -0.25) is 4.79 Å². The van der Waals surface area contributed by atoms with E-state index in [1.807, 2.05) is 12.2 Å². The monoisotopic (exact) mass is 365 g/mol. The van der Waals surface area contributed by atoms with Crippen molar-refractivity contribution in [2.75, 3.05) is 31.1 Å². The molecule has 2 aliphatic heterocycles. The minimum Gasteiger partial charge on any atom is -0.353 e. The van der Waals surface area contributed by atoms with E-state index in [0.29, 0.717) is 19.4 Å². The fraction of sp³-hybridized carbons (Fsp3) is 0.579. The number of piperidine rings is 1. The molecule has 2 saturated heterocycles. The Morgan fingerprint density at radius 3 is 2.65 bits per heavy atom. The predicted octanol–water partition coefficient (Wildman–Crippen LogP) is 3.25. The molecule has 1 amide bonds. The van der Waals surface area contributed by atoms with Gasteiger partial charge in [0, 0.05) is 44.7 Å². The molecule has 0 bridgehead atoms. The number of anilines is 1. The Labute approximate surface area is 150 Å². The molecule has 0 aromatic carbocycles. The molecular weight excluding hydrogens is 343 g/mol. The summed E-state index contributed by atoms with van der Waals surface area (Å²) in [4.78, 5) is 19.9. The van der Waals surface area contributed by atoms with E-state index < -0.39 is 17.2 Å². The number of carbonyl (C=O) groups excluding carboxylic acids is 1. The molecule has 4 rings (SSSR count). The van der Waals surface area contributed by atoms with Crippen LogP contribution in [-0.2, 0) is 4.79 Å². The van der Waals surface area contributed by atoms with E-state index in [1.54, 1.807) is 9.80 Å². The first-order valence-corrected chi connectivity index (χ1v) is 9.09. The molecule has 2 fully saturated rings. The number of halogens is 3. The molecule has 0 radical (unpaired) electrons. The lowest BCUT2D eigenvalue weighted by Gasteiger charge is -2.46. The van der Waals surface area contributed by atoms with Crippen molar-refractivity contribution in [3.05, 3.63) is 36.3 Å². The Kier molecular flexibility index (Phi) is 4.20. The van der Waals surface area contributed by atoms with Crippen LogP contribution in [0, 0.1) is 17.2 Å². The molecule has 1 aliphatic carbocycles. The normalized spacial score (nSPS) is 28.3. The van der Waals surface area contributed by atoms with Crippen LogP contribution in [-0.4, -0.2) is 47.9 Å². The molecule has 26 heavy (non-hydrogen) atoms. The average Bonchev–Trinajstić information content (AvgIpc) is 3.28. The van der Waals surface area contributed by atoms with Gasteiger partial charge in [0.25, 0.3) is 5.92 Å². The predicted molar refractivity (Wildman–Crippen MR) is 91.5 cm³/mol. The maximum Gasteiger partial charge on any atom is 0.258 e. The van der Waals surface area contributed by atoms with Gasteiger partial charge < -0.3 is 9.80 Å². The minimum atomic E-state index is -2.88. The number of amides is 1. The second-order valence-electron chi connectivity index (χ2n) is 7.61. The number of rotatable bonds is 2. The van der Waals surface area contributed by atoms with E-state index in [-0.39, 0.29) is 50.1 Å². The van der Waals surface area contributed by atoms with Crippen LogP contribution in [0.4, 0.5) is 19.0 Å². The van der Waals surface area contributed by atoms with Crippen LogP contribution in [0.15, 0.2) is 30.5 Å². The van der Waals surface area contributed by atoms with Gasteiger partial charge >= 0.3 is 0 Å². The van der Waals surface area contributed by atoms with Crippen LogP contribution >= 0.6 is 0 Å². The number of carbonyl (C=O) groups is 1. The van der Waals surface area contributed by atoms with Gasteiger partial charge in [-0.05, 0) is 31.4 Å². The third kappa shape index (κ3) is 2.77. The van der Waals surface area contributed by atoms with Crippen LogP contribution in [0.3, 0.4) is 0 Å². The average molecular weight is 365 g/mol. The summed E-state index contributed by atoms with van der Waals surface area (Å²) < 4.78 is 43.8. The summed E-state index contributed by atoms with van der Waals surface area (Å²) in [6.45, 7) is 0.444. The number of likely N-dealkylation sites (tertiary alicyclic amines) is 1. The van der Waals surface area contributed by atoms with E-state index in [4.69, 9.17) is 0 Å². The first-order valence-electron chi connectivity index (χ1n) is 9.09. The molecule has 0 unspecified atom stereocenters. The van der Waals surface area contributed by atoms with Crippen LogP contribution in [0.25, 0.3) is 0 Å². The maximum absolute atomic E-state index is 14.9. The van der Waals surface area contributed by atoms with Gasteiger partial charge in [-0.25, -0.2) is 18.2 Å². The molecule has 3 heterocycles. The van der Waals surface area contributed by atoms with Crippen molar-refractivity contribution >= 4 is 11.7 Å². The van der Waals surface area contributed by atoms with Crippen LogP contribution in [0.1, 0.15) is 25.7 Å². The standard InChI is InChI=1S/C19H22F3N3O/c20-15-6-3-9-23-16(15)24-10-7-18(12-24)13-25(11-8-19(18,21)22)17(26)14-4-1-2-5-14/h1-3,6,9,14H,4-5,7-8,10-13H2/t18-/m1/s1. The molecular formula is C19H22F3N3O. The zero-order chi connectivity index (χ0) is 18.4. The zero-order valence-electron chi connectivity index (χ0n) is 14.5. The quantitative estimate of drug-likeness (QED) is 0.755. The minimum absolute atomic E-state index is 0.0145. The zero-order valence-corrected chi connectivity index (χ0v) is 14.5. The van der Waals surface area contributed by atoms with Gasteiger partial charge in [-0.1, -0.05) is 12.2 Å². The van der Waals surface area contributed by atoms with Gasteiger partial charge in [0.1, 0.15) is 0 Å². The van der Waals surface area contributed by atoms with Crippen molar-refractivity contribution in [3.8, 4) is 0 Å². The fourth-order valence-corrected chi connectivity index (χ4v) is 4.46. The molecule has 140 valence electrons. The third-order valence-corrected chi connectivity index (χ3v) is 6.03. The Morgan fingerprint density at radius 1 is 1.15 bits per heavy atom. The number of alkyl halides is 2. The topological polar surface area (TPSA) is 36.4 Å². The van der Waals surface area contributed by atoms with Crippen LogP contribution in [0.2, 0.25) is 0 Å². The smallest absolute Gasteiger partial charge is 0.258 e. The van der Waals surface area contributed by atoms with E-state index in [1.165, 1.54) is 18.3 Å². The van der Waals surface area contributed by atoms with E-state index >= 15 is 0 Å². The maximum atomic E-state index is 14.9. The van der Waals surface area contributed by atoms with Crippen molar-refractivity contribution in [1.29, 1.82) is 0 Å². The molecule has 1 aromatic heterocycles. The van der Waals surface area contributed by atoms with Gasteiger partial charge in [0.2, 0.25) is 5.91 Å². The summed E-state index contributed by atoms with van der Waals surface area (Å²) in [5.74, 6) is -3.42. The molecule has 1 aromatic rings. The van der Waals surface area contributed by atoms with Crippen molar-refractivity contribution in [1.82, 2.24) is 9.88 Å². The van der Waals surface area contributed by atoms with Crippen molar-refractivity contribution in [2.45, 2.75) is 31.6 Å². The summed E-state index contributed by atoms with van der Waals surface area (Å²) in [6, 6.07) is 2.77. The number of aromatic nitrogens is 1. The first kappa shape index (κ1) is 17.4. The van der Waals surface area contributed by atoms with E-state index in [2.05, 4.69) is 4.98 Å². The Bertz CT molecular complexity index is 730. The van der Waals surface area contributed by atoms with Gasteiger partial charge in [0.15, 0.2) is 11.6 Å². The highest BCUT2D eigenvalue weighted by Crippen LogP contribution is 2.50. The number of pyridine rings is 1. The van der Waals surface area contributed by atoms with E-state index in [0.717, 1.165) is 0 Å². The highest BCUT2D eigenvalue weighted by Gasteiger charge is 2.60. The molecule has 1 atom stereocenters. The van der Waals surface area contributed by atoms with Crippen molar-refractivity contribution < 1.29 is 18.0 Å². The summed E-state index contributed by atoms with van der Waals surface area (Å²) in [7, 11) is 0. The lowest BCUT2D eigenvalue weighted by molar-refractivity contribution is -0.171. The van der Waals surface area contributed by atoms with Gasteiger partial charge in [-0.2, -0.15) is 0 Å². The van der Waals surface area contributed by atoms with Crippen molar-refractivity contribution in [3.63, 3.8) is 0 Å². The second-order valence-corrected chi connectivity index (χ2v) is 7.61. The lowest BCUT2D eigenvalue weighted by Crippen LogP contribution is -2.59. The highest BCUT2D eigenvalue weighted by molar-refractivity contribution is 5.80. The van der Waals surface area contributed by atoms with Gasteiger partial charge in [-0.15, -0.1) is 0 Å². The van der Waals surface area contributed by atoms with Gasteiger partial charge in [0.05, 0.1) is 5.41 Å². The Balaban J connectivity index is 1.55. The third-order valence-electron chi connectivity index (χ3n) is 6.03. The highest BCUT2D eigenvalue weighted by atomic mass is 19.3. The van der Waals surface area contributed by atoms with Crippen molar-refractivity contribution in [2.24, 2.45) is 11.3 Å². The number of allylic oxidation sites excluding steroid dienone is 2. The lowest BCUT2D eigenvalue weighted by atomic mass is 9.75. The molecule has 4 nitrogen and oxygen atoms in total. The van der Waals surface area contributed by atoms with E-state index in [9.17, 15) is 18.0 Å². The number of hydrogen-bond donors (Lipinski definition) is 0. The summed E-state index contributed by atoms with van der Waals surface area (Å²) in [5, 5.41) is 0. The molecule has 3 aliphatic rings. The first-order chi connectivity index (χ1) is 12.4. The summed E-state index contributed by atoms with van der Waals surface area (Å²) >= 11 is 0. The SMILES string of the molecule is O=C(C1CC=CC1)N1CCC(F)(F)[C@@]2(CCN(c3ncccc3F)C2)C1. The molecule has 1 spiro atoms. The molecule has 0 saturated carbocycles. The van der Waals surface area contributed by atoms with Crippen LogP contribution in [0.5, 0.6) is 0 Å². The molecule has 0 N–H and O–H groups in total.